The maximum absolute atomic E-state index is 9.16. The second kappa shape index (κ2) is 5.16. The van der Waals surface area contributed by atoms with E-state index in [4.69, 9.17) is 5.21 Å². The molecule has 2 nitrogen and oxygen atoms in total. The summed E-state index contributed by atoms with van der Waals surface area (Å²) in [6.07, 6.45) is 0. The summed E-state index contributed by atoms with van der Waals surface area (Å²) in [6, 6.07) is 9.45. The lowest BCUT2D eigenvalue weighted by Crippen LogP contribution is -2.16. The minimum atomic E-state index is 0. The van der Waals surface area contributed by atoms with Crippen molar-refractivity contribution >= 4 is 22.7 Å². The lowest BCUT2D eigenvalue weighted by atomic mass is 10.3. The van der Waals surface area contributed by atoms with Gasteiger partial charge in [0.05, 0.1) is 5.69 Å². The van der Waals surface area contributed by atoms with Gasteiger partial charge < -0.3 is 0 Å². The first-order chi connectivity index (χ1) is 4.84. The summed E-state index contributed by atoms with van der Waals surface area (Å²) in [5.41, 5.74) is 0.838. The van der Waals surface area contributed by atoms with Crippen LogP contribution in [0.2, 0.25) is 0 Å². The summed E-state index contributed by atoms with van der Waals surface area (Å²) in [5, 5.41) is 10.4. The van der Waals surface area contributed by atoms with Gasteiger partial charge in [-0.25, -0.2) is 0 Å². The molecular weight excluding hydrogens is 206 g/mol. The van der Waals surface area contributed by atoms with Crippen LogP contribution < -0.4 is 5.06 Å². The monoisotopic (exact) mass is 217 g/mol. The van der Waals surface area contributed by atoms with Gasteiger partial charge in [0.1, 0.15) is 0 Å². The van der Waals surface area contributed by atoms with E-state index < -0.39 is 0 Å². The predicted molar refractivity (Wildman–Crippen MR) is 51.6 cm³/mol. The number of hydrogen-bond donors (Lipinski definition) is 1. The van der Waals surface area contributed by atoms with Gasteiger partial charge in [0, 0.05) is 6.54 Å². The molecule has 11 heavy (non-hydrogen) atoms. The highest BCUT2D eigenvalue weighted by molar-refractivity contribution is 8.93. The van der Waals surface area contributed by atoms with Crippen molar-refractivity contribution < 1.29 is 5.21 Å². The van der Waals surface area contributed by atoms with E-state index in [2.05, 4.69) is 0 Å². The summed E-state index contributed by atoms with van der Waals surface area (Å²) in [7, 11) is 0. The maximum Gasteiger partial charge on any atom is 0.0633 e. The molecule has 62 valence electrons. The average molecular weight is 218 g/mol. The minimum absolute atomic E-state index is 0. The topological polar surface area (TPSA) is 23.5 Å². The maximum atomic E-state index is 9.16. The van der Waals surface area contributed by atoms with E-state index in [1.165, 1.54) is 5.06 Å². The third kappa shape index (κ3) is 2.91. The Morgan fingerprint density at radius 3 is 2.27 bits per heavy atom. The second-order valence-corrected chi connectivity index (χ2v) is 2.05. The Morgan fingerprint density at radius 2 is 1.82 bits per heavy atom. The number of nitrogens with zero attached hydrogens (tertiary/aromatic N) is 1. The molecule has 0 aliphatic heterocycles. The molecule has 0 aliphatic rings. The summed E-state index contributed by atoms with van der Waals surface area (Å²) >= 11 is 0. The Kier molecular flexibility index (Phi) is 4.90. The molecule has 0 fully saturated rings. The molecule has 1 N–H and O–H groups in total. The van der Waals surface area contributed by atoms with Crippen molar-refractivity contribution in [3.8, 4) is 0 Å². The number of anilines is 1. The van der Waals surface area contributed by atoms with Crippen molar-refractivity contribution in [1.29, 1.82) is 0 Å². The molecule has 1 aromatic carbocycles. The fraction of sp³-hybridized carbons (Fsp3) is 0.250. The molecule has 1 aromatic rings. The lowest BCUT2D eigenvalue weighted by Gasteiger charge is -2.12. The van der Waals surface area contributed by atoms with Crippen LogP contribution in [0.3, 0.4) is 0 Å². The van der Waals surface area contributed by atoms with Crippen LogP contribution in [0.1, 0.15) is 6.92 Å². The Hall–Kier alpha value is -0.540. The number of hydroxylamine groups is 1. The van der Waals surface area contributed by atoms with Crippen molar-refractivity contribution in [2.45, 2.75) is 6.92 Å². The van der Waals surface area contributed by atoms with E-state index in [0.717, 1.165) is 5.69 Å². The van der Waals surface area contributed by atoms with Crippen molar-refractivity contribution in [1.82, 2.24) is 0 Å². The zero-order chi connectivity index (χ0) is 7.40. The first kappa shape index (κ1) is 10.5. The van der Waals surface area contributed by atoms with Gasteiger partial charge in [-0.1, -0.05) is 18.2 Å². The molecule has 3 heteroatoms. The molecule has 1 rings (SSSR count). The molecule has 0 amide bonds. The molecule has 0 heterocycles. The van der Waals surface area contributed by atoms with Crippen LogP contribution in [0.15, 0.2) is 30.3 Å². The highest BCUT2D eigenvalue weighted by Gasteiger charge is 1.94. The first-order valence-corrected chi connectivity index (χ1v) is 3.36. The highest BCUT2D eigenvalue weighted by atomic mass is 79.9. The zero-order valence-electron chi connectivity index (χ0n) is 6.40. The van der Waals surface area contributed by atoms with Gasteiger partial charge in [-0.05, 0) is 19.1 Å². The molecule has 0 radical (unpaired) electrons. The summed E-state index contributed by atoms with van der Waals surface area (Å²) < 4.78 is 0. The Labute approximate surface area is 77.2 Å². The highest BCUT2D eigenvalue weighted by Crippen LogP contribution is 2.08. The van der Waals surface area contributed by atoms with E-state index in [9.17, 15) is 0 Å². The molecule has 0 aromatic heterocycles. The predicted octanol–water partition coefficient (Wildman–Crippen LogP) is 2.48. The number of rotatable bonds is 2. The van der Waals surface area contributed by atoms with Crippen LogP contribution in [-0.2, 0) is 0 Å². The quantitative estimate of drug-likeness (QED) is 0.771. The number of hydrogen-bond acceptors (Lipinski definition) is 2. The minimum Gasteiger partial charge on any atom is -0.288 e. The van der Waals surface area contributed by atoms with E-state index >= 15 is 0 Å². The zero-order valence-corrected chi connectivity index (χ0v) is 8.11. The molecule has 0 saturated heterocycles. The standard InChI is InChI=1S/C8H11NO.BrH/c1-2-9(10)8-6-4-3-5-7-8;/h3-7,10H,2H2,1H3;1H. The van der Waals surface area contributed by atoms with Gasteiger partial charge in [-0.15, -0.1) is 17.0 Å². The Morgan fingerprint density at radius 1 is 1.27 bits per heavy atom. The van der Waals surface area contributed by atoms with E-state index in [0.29, 0.717) is 6.54 Å². The summed E-state index contributed by atoms with van der Waals surface area (Å²) in [5.74, 6) is 0. The van der Waals surface area contributed by atoms with E-state index in [-0.39, 0.29) is 17.0 Å². The van der Waals surface area contributed by atoms with Gasteiger partial charge in [-0.3, -0.25) is 10.3 Å². The van der Waals surface area contributed by atoms with Crippen molar-refractivity contribution in [2.75, 3.05) is 11.6 Å². The Bertz CT molecular complexity index is 191. The van der Waals surface area contributed by atoms with E-state index in [1.807, 2.05) is 37.3 Å². The summed E-state index contributed by atoms with van der Waals surface area (Å²) in [4.78, 5) is 0. The van der Waals surface area contributed by atoms with Crippen molar-refractivity contribution in [3.05, 3.63) is 30.3 Å². The normalized spacial score (nSPS) is 8.55. The van der Waals surface area contributed by atoms with Gasteiger partial charge in [0.25, 0.3) is 0 Å². The van der Waals surface area contributed by atoms with Gasteiger partial charge in [0.15, 0.2) is 0 Å². The summed E-state index contributed by atoms with van der Waals surface area (Å²) in [6.45, 7) is 2.51. The average Bonchev–Trinajstić information content (AvgIpc) is 2.05. The largest absolute Gasteiger partial charge is 0.288 e. The molecule has 0 spiro atoms. The molecular formula is C8H12BrNO. The molecule has 0 atom stereocenters. The van der Waals surface area contributed by atoms with Gasteiger partial charge in [0.2, 0.25) is 0 Å². The first-order valence-electron chi connectivity index (χ1n) is 3.36. The number of para-hydroxylation sites is 1. The van der Waals surface area contributed by atoms with Gasteiger partial charge in [-0.2, -0.15) is 0 Å². The van der Waals surface area contributed by atoms with Gasteiger partial charge >= 0.3 is 0 Å². The molecule has 0 saturated carbocycles. The SMILES string of the molecule is Br.CCN(O)c1ccccc1. The molecule has 0 bridgehead atoms. The third-order valence-electron chi connectivity index (χ3n) is 1.35. The van der Waals surface area contributed by atoms with Crippen LogP contribution in [0, 0.1) is 0 Å². The third-order valence-corrected chi connectivity index (χ3v) is 1.35. The lowest BCUT2D eigenvalue weighted by molar-refractivity contribution is 0.260. The number of benzene rings is 1. The van der Waals surface area contributed by atoms with Crippen molar-refractivity contribution in [2.24, 2.45) is 0 Å². The molecule has 0 aliphatic carbocycles. The fourth-order valence-electron chi connectivity index (χ4n) is 0.783. The fourth-order valence-corrected chi connectivity index (χ4v) is 0.783. The van der Waals surface area contributed by atoms with Crippen molar-refractivity contribution in [3.63, 3.8) is 0 Å². The van der Waals surface area contributed by atoms with Crippen LogP contribution in [0.5, 0.6) is 0 Å². The van der Waals surface area contributed by atoms with E-state index in [1.54, 1.807) is 0 Å². The van der Waals surface area contributed by atoms with Crippen LogP contribution >= 0.6 is 17.0 Å². The number of halogens is 1. The van der Waals surface area contributed by atoms with Crippen LogP contribution in [-0.4, -0.2) is 11.8 Å². The molecule has 0 unspecified atom stereocenters. The van der Waals surface area contributed by atoms with Crippen LogP contribution in [0.4, 0.5) is 5.69 Å². The smallest absolute Gasteiger partial charge is 0.0633 e. The van der Waals surface area contributed by atoms with Crippen LogP contribution in [0.25, 0.3) is 0 Å². The second-order valence-electron chi connectivity index (χ2n) is 2.05. The Balaban J connectivity index is 0.000001000.